The zero-order chi connectivity index (χ0) is 14.7. The van der Waals surface area contributed by atoms with Crippen LogP contribution in [0.3, 0.4) is 0 Å². The van der Waals surface area contributed by atoms with Gasteiger partial charge in [-0.25, -0.2) is 4.98 Å². The molecule has 0 saturated carbocycles. The molecular weight excluding hydrogens is 350 g/mol. The van der Waals surface area contributed by atoms with E-state index in [9.17, 15) is 4.79 Å². The fraction of sp³-hybridized carbons (Fsp3) is 0.0667. The Labute approximate surface area is 134 Å². The van der Waals surface area contributed by atoms with Crippen LogP contribution in [0.1, 0.15) is 15.2 Å². The van der Waals surface area contributed by atoms with Gasteiger partial charge in [0.2, 0.25) is 0 Å². The maximum atomic E-state index is 12.1. The summed E-state index contributed by atoms with van der Waals surface area (Å²) in [6, 6.07) is 11.5. The lowest BCUT2D eigenvalue weighted by Crippen LogP contribution is -2.10. The Morgan fingerprint density at radius 1 is 1.33 bits per heavy atom. The molecule has 0 aliphatic carbocycles. The van der Waals surface area contributed by atoms with Crippen molar-refractivity contribution in [2.45, 2.75) is 6.54 Å². The molecule has 2 aromatic heterocycles. The number of halogens is 1. The standard InChI is InChI=1S/C15H12BrN3OS/c16-14-5-4-13(21-14)15(20)18-12-3-1-2-11(8-12)9-19-7-6-17-10-19/h1-8,10H,9H2,(H,18,20). The van der Waals surface area contributed by atoms with E-state index >= 15 is 0 Å². The fourth-order valence-corrected chi connectivity index (χ4v) is 3.25. The van der Waals surface area contributed by atoms with Crippen LogP contribution in [0.25, 0.3) is 0 Å². The molecule has 2 heterocycles. The number of benzene rings is 1. The fourth-order valence-electron chi connectivity index (χ4n) is 1.97. The average Bonchev–Trinajstić information content (AvgIpc) is 3.11. The van der Waals surface area contributed by atoms with Crippen LogP contribution in [0.2, 0.25) is 0 Å². The molecule has 0 aliphatic heterocycles. The first-order chi connectivity index (χ1) is 10.2. The number of nitrogens with one attached hydrogen (secondary N) is 1. The van der Waals surface area contributed by atoms with Crippen LogP contribution in [0.15, 0.2) is 58.9 Å². The second kappa shape index (κ2) is 6.24. The highest BCUT2D eigenvalue weighted by Crippen LogP contribution is 2.23. The third-order valence-electron chi connectivity index (χ3n) is 2.91. The Balaban J connectivity index is 1.72. The molecule has 4 nitrogen and oxygen atoms in total. The molecule has 21 heavy (non-hydrogen) atoms. The van der Waals surface area contributed by atoms with Crippen LogP contribution in [0, 0.1) is 0 Å². The van der Waals surface area contributed by atoms with Gasteiger partial charge in [0.15, 0.2) is 0 Å². The number of amides is 1. The number of carbonyl (C=O) groups is 1. The van der Waals surface area contributed by atoms with E-state index < -0.39 is 0 Å². The number of hydrogen-bond donors (Lipinski definition) is 1. The van der Waals surface area contributed by atoms with E-state index in [4.69, 9.17) is 0 Å². The van der Waals surface area contributed by atoms with Gasteiger partial charge in [-0.1, -0.05) is 12.1 Å². The zero-order valence-corrected chi connectivity index (χ0v) is 13.4. The summed E-state index contributed by atoms with van der Waals surface area (Å²) >= 11 is 4.78. The second-order valence-electron chi connectivity index (χ2n) is 4.49. The van der Waals surface area contributed by atoms with Gasteiger partial charge in [-0.15, -0.1) is 11.3 Å². The topological polar surface area (TPSA) is 46.9 Å². The Kier molecular flexibility index (Phi) is 4.17. The summed E-state index contributed by atoms with van der Waals surface area (Å²) in [5.41, 5.74) is 1.90. The van der Waals surface area contributed by atoms with Gasteiger partial charge < -0.3 is 9.88 Å². The van der Waals surface area contributed by atoms with Crippen molar-refractivity contribution >= 4 is 38.9 Å². The summed E-state index contributed by atoms with van der Waals surface area (Å²) in [5, 5.41) is 2.92. The van der Waals surface area contributed by atoms with E-state index in [0.717, 1.165) is 21.6 Å². The molecule has 0 radical (unpaired) electrons. The van der Waals surface area contributed by atoms with E-state index in [2.05, 4.69) is 26.2 Å². The molecule has 0 saturated heterocycles. The minimum atomic E-state index is -0.0921. The highest BCUT2D eigenvalue weighted by atomic mass is 79.9. The Bertz CT molecular complexity index is 752. The predicted octanol–water partition coefficient (Wildman–Crippen LogP) is 4.01. The number of thiophene rings is 1. The van der Waals surface area contributed by atoms with Gasteiger partial charge in [0.05, 0.1) is 15.0 Å². The van der Waals surface area contributed by atoms with Gasteiger partial charge in [0.1, 0.15) is 0 Å². The minimum absolute atomic E-state index is 0.0921. The summed E-state index contributed by atoms with van der Waals surface area (Å²) in [6.45, 7) is 0.730. The average molecular weight is 362 g/mol. The van der Waals surface area contributed by atoms with Gasteiger partial charge >= 0.3 is 0 Å². The smallest absolute Gasteiger partial charge is 0.265 e. The van der Waals surface area contributed by atoms with Crippen LogP contribution < -0.4 is 5.32 Å². The van der Waals surface area contributed by atoms with Gasteiger partial charge in [-0.3, -0.25) is 4.79 Å². The Hall–Kier alpha value is -1.92. The van der Waals surface area contributed by atoms with E-state index in [1.807, 2.05) is 41.1 Å². The molecule has 0 atom stereocenters. The second-order valence-corrected chi connectivity index (χ2v) is 6.96. The first-order valence-corrected chi connectivity index (χ1v) is 7.93. The molecular formula is C15H12BrN3OS. The van der Waals surface area contributed by atoms with Gasteiger partial charge in [-0.2, -0.15) is 0 Å². The van der Waals surface area contributed by atoms with Crippen LogP contribution in [0.5, 0.6) is 0 Å². The quantitative estimate of drug-likeness (QED) is 0.762. The molecule has 1 N–H and O–H groups in total. The molecule has 3 aromatic rings. The lowest BCUT2D eigenvalue weighted by Gasteiger charge is -2.07. The third kappa shape index (κ3) is 3.59. The minimum Gasteiger partial charge on any atom is -0.333 e. The number of carbonyl (C=O) groups excluding carboxylic acids is 1. The Morgan fingerprint density at radius 3 is 2.95 bits per heavy atom. The van der Waals surface area contributed by atoms with Crippen molar-refractivity contribution in [1.29, 1.82) is 0 Å². The first-order valence-electron chi connectivity index (χ1n) is 6.32. The zero-order valence-electron chi connectivity index (χ0n) is 11.0. The van der Waals surface area contributed by atoms with E-state index in [1.165, 1.54) is 11.3 Å². The monoisotopic (exact) mass is 361 g/mol. The normalized spacial score (nSPS) is 10.5. The maximum Gasteiger partial charge on any atom is 0.265 e. The maximum absolute atomic E-state index is 12.1. The largest absolute Gasteiger partial charge is 0.333 e. The highest BCUT2D eigenvalue weighted by molar-refractivity contribution is 9.11. The van der Waals surface area contributed by atoms with Crippen LogP contribution in [0.4, 0.5) is 5.69 Å². The van der Waals surface area contributed by atoms with Gasteiger partial charge in [0.25, 0.3) is 5.91 Å². The van der Waals surface area contributed by atoms with Crippen molar-refractivity contribution < 1.29 is 4.79 Å². The first kappa shape index (κ1) is 14.0. The number of aromatic nitrogens is 2. The molecule has 106 valence electrons. The number of rotatable bonds is 4. The molecule has 0 spiro atoms. The van der Waals surface area contributed by atoms with Crippen molar-refractivity contribution in [2.75, 3.05) is 5.32 Å². The molecule has 0 unspecified atom stereocenters. The summed E-state index contributed by atoms with van der Waals surface area (Å²) in [4.78, 5) is 16.8. The molecule has 1 aromatic carbocycles. The van der Waals surface area contributed by atoms with Crippen LogP contribution >= 0.6 is 27.3 Å². The van der Waals surface area contributed by atoms with Crippen molar-refractivity contribution in [3.05, 3.63) is 69.3 Å². The van der Waals surface area contributed by atoms with Crippen molar-refractivity contribution in [2.24, 2.45) is 0 Å². The molecule has 0 fully saturated rings. The lowest BCUT2D eigenvalue weighted by molar-refractivity contribution is 0.103. The van der Waals surface area contributed by atoms with E-state index in [0.29, 0.717) is 4.88 Å². The van der Waals surface area contributed by atoms with Crippen molar-refractivity contribution in [3.63, 3.8) is 0 Å². The van der Waals surface area contributed by atoms with Crippen molar-refractivity contribution in [3.8, 4) is 0 Å². The predicted molar refractivity (Wildman–Crippen MR) is 87.7 cm³/mol. The summed E-state index contributed by atoms with van der Waals surface area (Å²) in [6.07, 6.45) is 5.43. The number of anilines is 1. The van der Waals surface area contributed by atoms with Crippen molar-refractivity contribution in [1.82, 2.24) is 9.55 Å². The summed E-state index contributed by atoms with van der Waals surface area (Å²) < 4.78 is 2.93. The number of hydrogen-bond acceptors (Lipinski definition) is 3. The molecule has 0 aliphatic rings. The summed E-state index contributed by atoms with van der Waals surface area (Å²) in [7, 11) is 0. The highest BCUT2D eigenvalue weighted by Gasteiger charge is 2.09. The van der Waals surface area contributed by atoms with Crippen LogP contribution in [-0.4, -0.2) is 15.5 Å². The van der Waals surface area contributed by atoms with Gasteiger partial charge in [0, 0.05) is 24.6 Å². The number of nitrogens with zero attached hydrogens (tertiary/aromatic N) is 2. The van der Waals surface area contributed by atoms with Crippen LogP contribution in [-0.2, 0) is 6.54 Å². The summed E-state index contributed by atoms with van der Waals surface area (Å²) in [5.74, 6) is -0.0921. The Morgan fingerprint density at radius 2 is 2.24 bits per heavy atom. The van der Waals surface area contributed by atoms with Gasteiger partial charge in [-0.05, 0) is 45.8 Å². The molecule has 3 rings (SSSR count). The number of imidazole rings is 1. The lowest BCUT2D eigenvalue weighted by atomic mass is 10.2. The van der Waals surface area contributed by atoms with E-state index in [1.54, 1.807) is 18.6 Å². The molecule has 0 bridgehead atoms. The molecule has 1 amide bonds. The SMILES string of the molecule is O=C(Nc1cccc(Cn2ccnc2)c1)c1ccc(Br)s1. The molecule has 6 heteroatoms. The third-order valence-corrected chi connectivity index (χ3v) is 4.53. The van der Waals surface area contributed by atoms with E-state index in [-0.39, 0.29) is 5.91 Å².